The molecule has 0 heterocycles. The number of carbonyl (C=O) groups is 1. The van der Waals surface area contributed by atoms with E-state index in [2.05, 4.69) is 4.74 Å². The Hall–Kier alpha value is -1.91. The quantitative estimate of drug-likeness (QED) is 0.523. The SMILES string of the molecule is NC(=O)Oc1cccc(N)c1N. The van der Waals surface area contributed by atoms with Gasteiger partial charge in [-0.05, 0) is 12.1 Å². The van der Waals surface area contributed by atoms with Gasteiger partial charge < -0.3 is 21.9 Å². The van der Waals surface area contributed by atoms with E-state index in [1.807, 2.05) is 0 Å². The van der Waals surface area contributed by atoms with Gasteiger partial charge in [-0.3, -0.25) is 0 Å². The van der Waals surface area contributed by atoms with Crippen LogP contribution in [-0.2, 0) is 0 Å². The smallest absolute Gasteiger partial charge is 0.408 e. The number of benzene rings is 1. The van der Waals surface area contributed by atoms with E-state index in [4.69, 9.17) is 17.2 Å². The largest absolute Gasteiger partial charge is 0.410 e. The lowest BCUT2D eigenvalue weighted by Gasteiger charge is -2.05. The van der Waals surface area contributed by atoms with Crippen molar-refractivity contribution in [2.24, 2.45) is 5.73 Å². The maximum atomic E-state index is 10.3. The molecule has 0 bridgehead atoms. The summed E-state index contributed by atoms with van der Waals surface area (Å²) in [4.78, 5) is 10.3. The van der Waals surface area contributed by atoms with Gasteiger partial charge in [0.15, 0.2) is 5.75 Å². The monoisotopic (exact) mass is 167 g/mol. The first-order valence-corrected chi connectivity index (χ1v) is 3.22. The number of para-hydroxylation sites is 1. The van der Waals surface area contributed by atoms with Crippen molar-refractivity contribution < 1.29 is 9.53 Å². The molecular weight excluding hydrogens is 158 g/mol. The molecule has 12 heavy (non-hydrogen) atoms. The van der Waals surface area contributed by atoms with Gasteiger partial charge in [-0.25, -0.2) is 4.79 Å². The number of hydrogen-bond donors (Lipinski definition) is 3. The minimum atomic E-state index is -0.910. The van der Waals surface area contributed by atoms with Crippen LogP contribution in [0.5, 0.6) is 5.75 Å². The van der Waals surface area contributed by atoms with Gasteiger partial charge in [-0.2, -0.15) is 0 Å². The zero-order valence-corrected chi connectivity index (χ0v) is 6.28. The van der Waals surface area contributed by atoms with E-state index >= 15 is 0 Å². The maximum Gasteiger partial charge on any atom is 0.410 e. The van der Waals surface area contributed by atoms with Gasteiger partial charge in [-0.1, -0.05) is 6.07 Å². The summed E-state index contributed by atoms with van der Waals surface area (Å²) in [6.07, 6.45) is -0.910. The standard InChI is InChI=1S/C7H9N3O2/c8-4-2-1-3-5(6(4)9)12-7(10)11/h1-3H,8-9H2,(H2,10,11). The van der Waals surface area contributed by atoms with Crippen molar-refractivity contribution in [2.45, 2.75) is 0 Å². The van der Waals surface area contributed by atoms with Crippen molar-refractivity contribution in [3.63, 3.8) is 0 Å². The van der Waals surface area contributed by atoms with Crippen LogP contribution >= 0.6 is 0 Å². The second-order valence-electron chi connectivity index (χ2n) is 2.18. The predicted molar refractivity (Wildman–Crippen MR) is 45.5 cm³/mol. The van der Waals surface area contributed by atoms with E-state index in [9.17, 15) is 4.79 Å². The third-order valence-electron chi connectivity index (χ3n) is 1.31. The third-order valence-corrected chi connectivity index (χ3v) is 1.31. The van der Waals surface area contributed by atoms with E-state index in [1.165, 1.54) is 6.07 Å². The van der Waals surface area contributed by atoms with Crippen LogP contribution in [0.1, 0.15) is 0 Å². The Bertz CT molecular complexity index is 312. The van der Waals surface area contributed by atoms with E-state index in [1.54, 1.807) is 12.1 Å². The second-order valence-corrected chi connectivity index (χ2v) is 2.18. The molecule has 1 rings (SSSR count). The third kappa shape index (κ3) is 1.57. The fourth-order valence-electron chi connectivity index (χ4n) is 0.758. The Kier molecular flexibility index (Phi) is 2.05. The molecule has 64 valence electrons. The van der Waals surface area contributed by atoms with Crippen molar-refractivity contribution in [1.29, 1.82) is 0 Å². The average molecular weight is 167 g/mol. The Morgan fingerprint density at radius 1 is 1.33 bits per heavy atom. The van der Waals surface area contributed by atoms with E-state index in [0.717, 1.165) is 0 Å². The van der Waals surface area contributed by atoms with Crippen LogP contribution in [0.15, 0.2) is 18.2 Å². The molecule has 1 aromatic rings. The summed E-state index contributed by atoms with van der Waals surface area (Å²) in [5, 5.41) is 0. The molecule has 0 fully saturated rings. The molecule has 0 saturated carbocycles. The first kappa shape index (κ1) is 8.19. The molecule has 0 aliphatic heterocycles. The number of amides is 1. The number of ether oxygens (including phenoxy) is 1. The van der Waals surface area contributed by atoms with Gasteiger partial charge in [0.25, 0.3) is 0 Å². The molecule has 0 saturated heterocycles. The number of carbonyl (C=O) groups excluding carboxylic acids is 1. The molecule has 1 amide bonds. The Labute approximate surface area is 69.1 Å². The molecule has 5 heteroatoms. The Morgan fingerprint density at radius 3 is 2.58 bits per heavy atom. The number of hydrogen-bond acceptors (Lipinski definition) is 4. The molecule has 0 atom stereocenters. The minimum absolute atomic E-state index is 0.183. The van der Waals surface area contributed by atoms with Gasteiger partial charge in [-0.15, -0.1) is 0 Å². The zero-order valence-electron chi connectivity index (χ0n) is 6.28. The highest BCUT2D eigenvalue weighted by atomic mass is 16.5. The van der Waals surface area contributed by atoms with Crippen LogP contribution in [0.3, 0.4) is 0 Å². The van der Waals surface area contributed by atoms with E-state index in [0.29, 0.717) is 5.69 Å². The highest BCUT2D eigenvalue weighted by Gasteiger charge is 2.04. The highest BCUT2D eigenvalue weighted by molar-refractivity contribution is 5.76. The lowest BCUT2D eigenvalue weighted by atomic mass is 10.2. The number of rotatable bonds is 1. The number of primary amides is 1. The van der Waals surface area contributed by atoms with Gasteiger partial charge >= 0.3 is 6.09 Å². The van der Waals surface area contributed by atoms with Crippen LogP contribution < -0.4 is 21.9 Å². The summed E-state index contributed by atoms with van der Waals surface area (Å²) < 4.78 is 4.56. The summed E-state index contributed by atoms with van der Waals surface area (Å²) in [7, 11) is 0. The number of nitrogen functional groups attached to an aromatic ring is 2. The maximum absolute atomic E-state index is 10.3. The van der Waals surface area contributed by atoms with Gasteiger partial charge in [0, 0.05) is 0 Å². The molecule has 0 unspecified atom stereocenters. The molecule has 5 nitrogen and oxygen atoms in total. The number of nitrogens with two attached hydrogens (primary N) is 3. The molecule has 0 radical (unpaired) electrons. The van der Waals surface area contributed by atoms with Gasteiger partial charge in [0.2, 0.25) is 0 Å². The highest BCUT2D eigenvalue weighted by Crippen LogP contribution is 2.26. The predicted octanol–water partition coefficient (Wildman–Crippen LogP) is 0.309. The molecule has 6 N–H and O–H groups in total. The fourth-order valence-corrected chi connectivity index (χ4v) is 0.758. The van der Waals surface area contributed by atoms with E-state index in [-0.39, 0.29) is 11.4 Å². The normalized spacial score (nSPS) is 9.33. The van der Waals surface area contributed by atoms with Crippen molar-refractivity contribution >= 4 is 17.5 Å². The first-order chi connectivity index (χ1) is 5.61. The van der Waals surface area contributed by atoms with E-state index < -0.39 is 6.09 Å². The summed E-state index contributed by atoms with van der Waals surface area (Å²) in [5.41, 5.74) is 16.3. The molecule has 0 aromatic heterocycles. The molecule has 0 spiro atoms. The second kappa shape index (κ2) is 3.00. The zero-order chi connectivity index (χ0) is 9.14. The lowest BCUT2D eigenvalue weighted by Crippen LogP contribution is -2.17. The summed E-state index contributed by atoms with van der Waals surface area (Å²) in [6, 6.07) is 4.73. The number of anilines is 2. The summed E-state index contributed by atoms with van der Waals surface area (Å²) in [6.45, 7) is 0. The van der Waals surface area contributed by atoms with Crippen molar-refractivity contribution in [1.82, 2.24) is 0 Å². The molecule has 1 aromatic carbocycles. The van der Waals surface area contributed by atoms with Crippen LogP contribution in [0.25, 0.3) is 0 Å². The summed E-state index contributed by atoms with van der Waals surface area (Å²) >= 11 is 0. The topological polar surface area (TPSA) is 104 Å². The van der Waals surface area contributed by atoms with Crippen molar-refractivity contribution in [3.8, 4) is 5.75 Å². The van der Waals surface area contributed by atoms with Gasteiger partial charge in [0.1, 0.15) is 0 Å². The summed E-state index contributed by atoms with van der Waals surface area (Å²) in [5.74, 6) is 0.183. The Balaban J connectivity index is 3.00. The average Bonchev–Trinajstić information content (AvgIpc) is 1.98. The Morgan fingerprint density at radius 2 is 2.00 bits per heavy atom. The fraction of sp³-hybridized carbons (Fsp3) is 0. The molecular formula is C7H9N3O2. The van der Waals surface area contributed by atoms with Crippen LogP contribution in [0.4, 0.5) is 16.2 Å². The van der Waals surface area contributed by atoms with Crippen LogP contribution in [-0.4, -0.2) is 6.09 Å². The van der Waals surface area contributed by atoms with Gasteiger partial charge in [0.05, 0.1) is 11.4 Å². The molecule has 0 aliphatic rings. The van der Waals surface area contributed by atoms with Crippen molar-refractivity contribution in [3.05, 3.63) is 18.2 Å². The van der Waals surface area contributed by atoms with Crippen LogP contribution in [0.2, 0.25) is 0 Å². The van der Waals surface area contributed by atoms with Crippen molar-refractivity contribution in [2.75, 3.05) is 11.5 Å². The lowest BCUT2D eigenvalue weighted by molar-refractivity contribution is 0.211. The minimum Gasteiger partial charge on any atom is -0.408 e. The molecule has 0 aliphatic carbocycles. The first-order valence-electron chi connectivity index (χ1n) is 3.22. The van der Waals surface area contributed by atoms with Crippen LogP contribution in [0, 0.1) is 0 Å².